The predicted molar refractivity (Wildman–Crippen MR) is 63.0 cm³/mol. The maximum Gasteiger partial charge on any atom is 0.311 e. The molecule has 100 valence electrons. The summed E-state index contributed by atoms with van der Waals surface area (Å²) in [7, 11) is 0. The summed E-state index contributed by atoms with van der Waals surface area (Å²) < 4.78 is 12.7. The second kappa shape index (κ2) is 4.79. The number of nitrogens with one attached hydrogen (secondary N) is 1. The molecule has 0 bridgehead atoms. The minimum atomic E-state index is -0.970. The van der Waals surface area contributed by atoms with E-state index >= 15 is 0 Å². The maximum atomic E-state index is 12.7. The minimum absolute atomic E-state index is 0.0614. The predicted octanol–water partition coefficient (Wildman–Crippen LogP) is 0.989. The molecule has 2 rings (SSSR count). The number of Topliss-reactive ketones (excluding diaryl/α,β-unsaturated/α-hetero) is 1. The molecule has 19 heavy (non-hydrogen) atoms. The highest BCUT2D eigenvalue weighted by Gasteiger charge is 2.50. The molecule has 2 N–H and O–H groups in total. The number of carbonyl (C=O) groups excluding carboxylic acids is 2. The third-order valence-corrected chi connectivity index (χ3v) is 3.21. The first kappa shape index (κ1) is 13.2. The number of benzene rings is 1. The van der Waals surface area contributed by atoms with Crippen LogP contribution in [0.5, 0.6) is 0 Å². The molecule has 0 unspecified atom stereocenters. The Labute approximate surface area is 108 Å². The molecule has 0 radical (unpaired) electrons. The summed E-state index contributed by atoms with van der Waals surface area (Å²) in [4.78, 5) is 34.2. The van der Waals surface area contributed by atoms with E-state index < -0.39 is 28.9 Å². The van der Waals surface area contributed by atoms with Crippen LogP contribution in [-0.4, -0.2) is 29.3 Å². The molecule has 1 aromatic carbocycles. The maximum absolute atomic E-state index is 12.7. The van der Waals surface area contributed by atoms with Crippen LogP contribution in [0.3, 0.4) is 0 Å². The van der Waals surface area contributed by atoms with Gasteiger partial charge in [-0.2, -0.15) is 0 Å². The number of carboxylic acid groups (broad SMARTS) is 1. The summed E-state index contributed by atoms with van der Waals surface area (Å²) in [6.07, 6.45) is 0.987. The van der Waals surface area contributed by atoms with Gasteiger partial charge in [0.25, 0.3) is 5.91 Å². The summed E-state index contributed by atoms with van der Waals surface area (Å²) >= 11 is 0. The van der Waals surface area contributed by atoms with Crippen LogP contribution in [0, 0.1) is 11.2 Å². The molecule has 0 heterocycles. The number of ketones is 1. The summed E-state index contributed by atoms with van der Waals surface area (Å²) in [5, 5.41) is 11.2. The third kappa shape index (κ3) is 2.78. The lowest BCUT2D eigenvalue weighted by atomic mass is 10.1. The Bertz CT molecular complexity index is 534. The largest absolute Gasteiger partial charge is 0.481 e. The minimum Gasteiger partial charge on any atom is -0.481 e. The molecule has 6 heteroatoms. The van der Waals surface area contributed by atoms with Crippen LogP contribution in [-0.2, 0) is 9.59 Å². The van der Waals surface area contributed by atoms with Gasteiger partial charge in [0.05, 0.1) is 5.41 Å². The van der Waals surface area contributed by atoms with E-state index in [0.29, 0.717) is 12.8 Å². The van der Waals surface area contributed by atoms with Gasteiger partial charge in [-0.15, -0.1) is 0 Å². The van der Waals surface area contributed by atoms with Crippen molar-refractivity contribution in [2.24, 2.45) is 5.41 Å². The lowest BCUT2D eigenvalue weighted by Gasteiger charge is -2.10. The van der Waals surface area contributed by atoms with E-state index in [4.69, 9.17) is 5.11 Å². The lowest BCUT2D eigenvalue weighted by molar-refractivity contribution is -0.143. The summed E-state index contributed by atoms with van der Waals surface area (Å²) in [6.45, 7) is -0.0614. The SMILES string of the molecule is O=C(NCC1(C(=O)O)CC1)C(=O)c1ccc(F)cc1. The molecule has 0 aromatic heterocycles. The number of hydrogen-bond acceptors (Lipinski definition) is 3. The second-order valence-electron chi connectivity index (χ2n) is 4.60. The Balaban J connectivity index is 1.95. The summed E-state index contributed by atoms with van der Waals surface area (Å²) in [5.74, 6) is -3.15. The van der Waals surface area contributed by atoms with E-state index in [0.717, 1.165) is 12.1 Å². The van der Waals surface area contributed by atoms with Crippen LogP contribution in [0.25, 0.3) is 0 Å². The van der Waals surface area contributed by atoms with E-state index in [1.54, 1.807) is 0 Å². The monoisotopic (exact) mass is 265 g/mol. The van der Waals surface area contributed by atoms with Gasteiger partial charge in [0.1, 0.15) is 5.82 Å². The lowest BCUT2D eigenvalue weighted by Crippen LogP contribution is -2.38. The first-order valence-electron chi connectivity index (χ1n) is 5.76. The van der Waals surface area contributed by atoms with Gasteiger partial charge < -0.3 is 10.4 Å². The highest BCUT2D eigenvalue weighted by atomic mass is 19.1. The highest BCUT2D eigenvalue weighted by Crippen LogP contribution is 2.45. The van der Waals surface area contributed by atoms with E-state index in [-0.39, 0.29) is 12.1 Å². The molecular weight excluding hydrogens is 253 g/mol. The van der Waals surface area contributed by atoms with E-state index in [1.165, 1.54) is 12.1 Å². The Hall–Kier alpha value is -2.24. The standard InChI is InChI=1S/C13H12FNO4/c14-9-3-1-8(2-4-9)10(16)11(17)15-7-13(5-6-13)12(18)19/h1-4H,5-7H2,(H,15,17)(H,18,19). The molecule has 1 aromatic rings. The summed E-state index contributed by atoms with van der Waals surface area (Å²) in [6, 6.07) is 4.59. The number of rotatable bonds is 5. The molecule has 0 atom stereocenters. The van der Waals surface area contributed by atoms with Crippen molar-refractivity contribution in [2.75, 3.05) is 6.54 Å². The fourth-order valence-electron chi connectivity index (χ4n) is 1.68. The van der Waals surface area contributed by atoms with Crippen molar-refractivity contribution in [3.8, 4) is 0 Å². The van der Waals surface area contributed by atoms with Crippen LogP contribution in [0.15, 0.2) is 24.3 Å². The van der Waals surface area contributed by atoms with Gasteiger partial charge in [-0.3, -0.25) is 14.4 Å². The number of aliphatic carboxylic acids is 1. The van der Waals surface area contributed by atoms with Crippen LogP contribution >= 0.6 is 0 Å². The average Bonchev–Trinajstić information content (AvgIpc) is 3.17. The number of carboxylic acids is 1. The van der Waals surface area contributed by atoms with Crippen molar-refractivity contribution in [3.05, 3.63) is 35.6 Å². The molecule has 5 nitrogen and oxygen atoms in total. The van der Waals surface area contributed by atoms with E-state index in [1.807, 2.05) is 0 Å². The van der Waals surface area contributed by atoms with Gasteiger partial charge in [0.2, 0.25) is 5.78 Å². The van der Waals surface area contributed by atoms with Crippen LogP contribution < -0.4 is 5.32 Å². The normalized spacial score (nSPS) is 15.6. The van der Waals surface area contributed by atoms with Crippen molar-refractivity contribution in [3.63, 3.8) is 0 Å². The number of hydrogen-bond donors (Lipinski definition) is 2. The Morgan fingerprint density at radius 2 is 1.79 bits per heavy atom. The molecule has 1 saturated carbocycles. The fraction of sp³-hybridized carbons (Fsp3) is 0.308. The van der Waals surface area contributed by atoms with Crippen molar-refractivity contribution >= 4 is 17.7 Å². The van der Waals surface area contributed by atoms with Gasteiger partial charge in [0, 0.05) is 12.1 Å². The number of halogens is 1. The Morgan fingerprint density at radius 1 is 1.21 bits per heavy atom. The second-order valence-corrected chi connectivity index (χ2v) is 4.60. The van der Waals surface area contributed by atoms with Gasteiger partial charge in [-0.25, -0.2) is 4.39 Å². The topological polar surface area (TPSA) is 83.5 Å². The molecule has 1 aliphatic carbocycles. The molecule has 1 aliphatic rings. The molecule has 0 saturated heterocycles. The van der Waals surface area contributed by atoms with Crippen molar-refractivity contribution < 1.29 is 23.9 Å². The fourth-order valence-corrected chi connectivity index (χ4v) is 1.68. The molecule has 1 fully saturated rings. The zero-order valence-corrected chi connectivity index (χ0v) is 9.98. The van der Waals surface area contributed by atoms with E-state index in [9.17, 15) is 18.8 Å². The molecule has 0 aliphatic heterocycles. The van der Waals surface area contributed by atoms with Gasteiger partial charge in [-0.05, 0) is 37.1 Å². The number of amides is 1. The smallest absolute Gasteiger partial charge is 0.311 e. The zero-order chi connectivity index (χ0) is 14.0. The van der Waals surface area contributed by atoms with Gasteiger partial charge in [0.15, 0.2) is 0 Å². The number of carbonyl (C=O) groups is 3. The third-order valence-electron chi connectivity index (χ3n) is 3.21. The van der Waals surface area contributed by atoms with Crippen LogP contribution in [0.1, 0.15) is 23.2 Å². The Kier molecular flexibility index (Phi) is 3.33. The van der Waals surface area contributed by atoms with Crippen LogP contribution in [0.4, 0.5) is 4.39 Å². The Morgan fingerprint density at radius 3 is 2.26 bits per heavy atom. The van der Waals surface area contributed by atoms with Gasteiger partial charge >= 0.3 is 5.97 Å². The van der Waals surface area contributed by atoms with Crippen molar-refractivity contribution in [2.45, 2.75) is 12.8 Å². The molecular formula is C13H12FNO4. The zero-order valence-electron chi connectivity index (χ0n) is 9.98. The van der Waals surface area contributed by atoms with E-state index in [2.05, 4.69) is 5.32 Å². The quantitative estimate of drug-likeness (QED) is 0.614. The first-order chi connectivity index (χ1) is 8.94. The van der Waals surface area contributed by atoms with Crippen molar-refractivity contribution in [1.29, 1.82) is 0 Å². The van der Waals surface area contributed by atoms with Crippen LogP contribution in [0.2, 0.25) is 0 Å². The first-order valence-corrected chi connectivity index (χ1v) is 5.76. The van der Waals surface area contributed by atoms with Crippen molar-refractivity contribution in [1.82, 2.24) is 5.32 Å². The molecule has 1 amide bonds. The summed E-state index contributed by atoms with van der Waals surface area (Å²) in [5.41, 5.74) is -0.849. The highest BCUT2D eigenvalue weighted by molar-refractivity contribution is 6.42. The average molecular weight is 265 g/mol. The molecule has 0 spiro atoms. The van der Waals surface area contributed by atoms with Gasteiger partial charge in [-0.1, -0.05) is 0 Å².